The number of amides is 3. The van der Waals surface area contributed by atoms with E-state index < -0.39 is 30.1 Å². The van der Waals surface area contributed by atoms with Gasteiger partial charge in [0.15, 0.2) is 0 Å². The topological polar surface area (TPSA) is 99.8 Å². The zero-order chi connectivity index (χ0) is 28.5. The number of carbonyl (C=O) groups is 3. The van der Waals surface area contributed by atoms with Crippen LogP contribution in [0.15, 0.2) is 60.8 Å². The number of hydrogen-bond donors (Lipinski definition) is 3. The molecule has 3 N–H and O–H groups in total. The number of likely N-dealkylation sites (N-methyl/N-ethyl adjacent to an activating group) is 1. The Morgan fingerprint density at radius 3 is 2.26 bits per heavy atom. The summed E-state index contributed by atoms with van der Waals surface area (Å²) in [5.74, 6) is -0.734. The number of hydrogen-bond acceptors (Lipinski definition) is 5. The molecule has 1 unspecified atom stereocenters. The molecule has 2 bridgehead atoms. The van der Waals surface area contributed by atoms with Gasteiger partial charge in [0.2, 0.25) is 17.7 Å². The van der Waals surface area contributed by atoms with Gasteiger partial charge in [0.05, 0.1) is 6.04 Å². The Balaban J connectivity index is 1.99. The number of ether oxygens (including phenoxy) is 1. The molecular formula is C31H42N4O4. The van der Waals surface area contributed by atoms with Gasteiger partial charge in [-0.2, -0.15) is 0 Å². The van der Waals surface area contributed by atoms with Crippen LogP contribution in [0.2, 0.25) is 0 Å². The van der Waals surface area contributed by atoms with Gasteiger partial charge < -0.3 is 20.7 Å². The molecule has 2 aromatic rings. The maximum absolute atomic E-state index is 13.9. The van der Waals surface area contributed by atoms with Gasteiger partial charge in [0, 0.05) is 6.20 Å². The molecule has 0 aromatic heterocycles. The monoisotopic (exact) mass is 534 g/mol. The maximum Gasteiger partial charge on any atom is 0.247 e. The van der Waals surface area contributed by atoms with Gasteiger partial charge in [-0.25, -0.2) is 0 Å². The highest BCUT2D eigenvalue weighted by molar-refractivity contribution is 5.94. The molecule has 0 radical (unpaired) electrons. The maximum atomic E-state index is 13.9. The van der Waals surface area contributed by atoms with Crippen LogP contribution in [0, 0.1) is 11.8 Å². The summed E-state index contributed by atoms with van der Waals surface area (Å²) in [7, 11) is 3.69. The number of carbonyl (C=O) groups excluding carboxylic acids is 3. The standard InChI is InChI=1S/C31H42N4O4/c1-7-21(4)26-30(37)32-18-17-22-13-15-24(16-14-22)39-28(20(2)3)27(31(38)33-26)34-29(36)25(35(5)6)19-23-11-9-8-10-12-23/h8-18,20-21,25-28H,7,19H2,1-6H3,(H,32,37)(H,33,38)(H,34,36)/t21-,25-,26-,27-,28?/m1/s1. The van der Waals surface area contributed by atoms with E-state index in [1.807, 2.05) is 101 Å². The number of rotatable bonds is 8. The van der Waals surface area contributed by atoms with Crippen molar-refractivity contribution >= 4 is 23.8 Å². The van der Waals surface area contributed by atoms with Crippen molar-refractivity contribution in [3.8, 4) is 5.75 Å². The predicted molar refractivity (Wildman–Crippen MR) is 154 cm³/mol. The average Bonchev–Trinajstić information content (AvgIpc) is 2.92. The lowest BCUT2D eigenvalue weighted by molar-refractivity contribution is -0.136. The highest BCUT2D eigenvalue weighted by Gasteiger charge is 2.38. The van der Waals surface area contributed by atoms with Gasteiger partial charge in [-0.1, -0.05) is 76.6 Å². The van der Waals surface area contributed by atoms with Crippen LogP contribution in [0.3, 0.4) is 0 Å². The van der Waals surface area contributed by atoms with E-state index in [0.717, 1.165) is 11.1 Å². The third-order valence-electron chi connectivity index (χ3n) is 7.21. The van der Waals surface area contributed by atoms with E-state index in [-0.39, 0.29) is 23.7 Å². The number of fused-ring (bicyclic) bond motifs is 10. The molecule has 4 rings (SSSR count). The first-order valence-corrected chi connectivity index (χ1v) is 13.7. The first-order valence-electron chi connectivity index (χ1n) is 13.7. The minimum atomic E-state index is -1.03. The van der Waals surface area contributed by atoms with Crippen molar-refractivity contribution in [3.05, 3.63) is 71.9 Å². The summed E-state index contributed by atoms with van der Waals surface area (Å²) in [5, 5.41) is 8.73. The summed E-state index contributed by atoms with van der Waals surface area (Å²) in [6.07, 6.45) is 3.85. The van der Waals surface area contributed by atoms with Crippen LogP contribution in [-0.2, 0) is 20.8 Å². The van der Waals surface area contributed by atoms with Crippen LogP contribution in [0.25, 0.3) is 6.08 Å². The van der Waals surface area contributed by atoms with Gasteiger partial charge >= 0.3 is 0 Å². The van der Waals surface area contributed by atoms with Gasteiger partial charge in [0.25, 0.3) is 0 Å². The summed E-state index contributed by atoms with van der Waals surface area (Å²) in [6, 6.07) is 14.8. The zero-order valence-corrected chi connectivity index (χ0v) is 23.8. The highest BCUT2D eigenvalue weighted by atomic mass is 16.5. The van der Waals surface area contributed by atoms with E-state index >= 15 is 0 Å². The van der Waals surface area contributed by atoms with Crippen molar-refractivity contribution in [1.29, 1.82) is 0 Å². The third kappa shape index (κ3) is 8.17. The van der Waals surface area contributed by atoms with E-state index in [9.17, 15) is 14.4 Å². The lowest BCUT2D eigenvalue weighted by Crippen LogP contribution is -2.62. The van der Waals surface area contributed by atoms with Gasteiger partial charge in [-0.05, 0) is 61.7 Å². The van der Waals surface area contributed by atoms with Crippen molar-refractivity contribution in [2.45, 2.75) is 64.8 Å². The molecule has 8 heteroatoms. The first-order chi connectivity index (χ1) is 18.6. The minimum Gasteiger partial charge on any atom is -0.487 e. The summed E-state index contributed by atoms with van der Waals surface area (Å²) in [4.78, 5) is 42.6. The Morgan fingerprint density at radius 2 is 1.67 bits per heavy atom. The average molecular weight is 535 g/mol. The Labute approximate surface area is 232 Å². The quantitative estimate of drug-likeness (QED) is 0.482. The fourth-order valence-electron chi connectivity index (χ4n) is 4.55. The Bertz CT molecular complexity index is 1130. The van der Waals surface area contributed by atoms with Crippen LogP contribution < -0.4 is 20.7 Å². The summed E-state index contributed by atoms with van der Waals surface area (Å²) in [6.45, 7) is 7.78. The van der Waals surface area contributed by atoms with E-state index in [1.165, 1.54) is 0 Å². The molecule has 5 atom stereocenters. The fraction of sp³-hybridized carbons (Fsp3) is 0.452. The second-order valence-electron chi connectivity index (χ2n) is 10.8. The lowest BCUT2D eigenvalue weighted by atomic mass is 9.94. The van der Waals surface area contributed by atoms with Crippen molar-refractivity contribution in [1.82, 2.24) is 20.9 Å². The molecule has 0 fully saturated rings. The molecule has 0 aliphatic carbocycles. The van der Waals surface area contributed by atoms with Crippen molar-refractivity contribution < 1.29 is 19.1 Å². The van der Waals surface area contributed by atoms with E-state index in [2.05, 4.69) is 16.0 Å². The number of benzene rings is 2. The number of nitrogens with one attached hydrogen (secondary N) is 3. The molecule has 0 spiro atoms. The second kappa shape index (κ2) is 13.9. The number of nitrogens with zero attached hydrogens (tertiary/aromatic N) is 1. The van der Waals surface area contributed by atoms with Gasteiger partial charge in [-0.15, -0.1) is 0 Å². The molecule has 8 nitrogen and oxygen atoms in total. The summed E-state index contributed by atoms with van der Waals surface area (Å²) < 4.78 is 6.35. The summed E-state index contributed by atoms with van der Waals surface area (Å²) >= 11 is 0. The molecule has 0 saturated carbocycles. The van der Waals surface area contributed by atoms with Crippen LogP contribution in [0.4, 0.5) is 0 Å². The largest absolute Gasteiger partial charge is 0.487 e. The van der Waals surface area contributed by atoms with Crippen molar-refractivity contribution in [2.24, 2.45) is 11.8 Å². The van der Waals surface area contributed by atoms with Crippen molar-refractivity contribution in [2.75, 3.05) is 14.1 Å². The molecule has 0 saturated heterocycles. The van der Waals surface area contributed by atoms with Crippen molar-refractivity contribution in [3.63, 3.8) is 0 Å². The lowest BCUT2D eigenvalue weighted by Gasteiger charge is -2.34. The SMILES string of the molecule is CC[C@@H](C)[C@H]1NC(=O)[C@H](NC(=O)[C@@H](Cc2ccccc2)N(C)C)C(C(C)C)Oc2ccc(cc2)C=CNC1=O. The smallest absolute Gasteiger partial charge is 0.247 e. The predicted octanol–water partition coefficient (Wildman–Crippen LogP) is 3.38. The molecule has 39 heavy (non-hydrogen) atoms. The minimum absolute atomic E-state index is 0.128. The molecule has 210 valence electrons. The summed E-state index contributed by atoms with van der Waals surface area (Å²) in [5.41, 5.74) is 1.91. The van der Waals surface area contributed by atoms with E-state index in [1.54, 1.807) is 12.3 Å². The highest BCUT2D eigenvalue weighted by Crippen LogP contribution is 2.21. The normalized spacial score (nSPS) is 21.5. The van der Waals surface area contributed by atoms with E-state index in [4.69, 9.17) is 4.74 Å². The molecule has 2 aliphatic rings. The molecule has 2 heterocycles. The zero-order valence-electron chi connectivity index (χ0n) is 23.8. The van der Waals surface area contributed by atoms with Gasteiger partial charge in [-0.3, -0.25) is 19.3 Å². The van der Waals surface area contributed by atoms with Crippen LogP contribution >= 0.6 is 0 Å². The Kier molecular flexibility index (Phi) is 10.7. The molecule has 2 aliphatic heterocycles. The van der Waals surface area contributed by atoms with Crippen LogP contribution in [0.1, 0.15) is 45.2 Å². The fourth-order valence-corrected chi connectivity index (χ4v) is 4.55. The third-order valence-corrected chi connectivity index (χ3v) is 7.21. The molecular weight excluding hydrogens is 492 g/mol. The Morgan fingerprint density at radius 1 is 1.00 bits per heavy atom. The van der Waals surface area contributed by atoms with Crippen LogP contribution in [-0.4, -0.2) is 60.9 Å². The van der Waals surface area contributed by atoms with E-state index in [0.29, 0.717) is 18.6 Å². The van der Waals surface area contributed by atoms with Gasteiger partial charge in [0.1, 0.15) is 23.9 Å². The second-order valence-corrected chi connectivity index (χ2v) is 10.8. The first kappa shape index (κ1) is 29.9. The van der Waals surface area contributed by atoms with Crippen LogP contribution in [0.5, 0.6) is 5.75 Å². The molecule has 2 aromatic carbocycles. The molecule has 3 amide bonds. The Hall–Kier alpha value is -3.65.